The second-order valence-corrected chi connectivity index (χ2v) is 4.07. The summed E-state index contributed by atoms with van der Waals surface area (Å²) in [6, 6.07) is 12.8. The predicted molar refractivity (Wildman–Crippen MR) is 67.1 cm³/mol. The number of halogens is 1. The largest absolute Gasteiger partial charge is 0.353 e. The first-order valence-corrected chi connectivity index (χ1v) is 5.34. The number of rotatable bonds is 0. The van der Waals surface area contributed by atoms with Crippen molar-refractivity contribution in [3.05, 3.63) is 57.7 Å². The molecule has 0 aliphatic carbocycles. The number of para-hydroxylation sites is 2. The summed E-state index contributed by atoms with van der Waals surface area (Å²) >= 11 is 6.06. The molecule has 0 radical (unpaired) electrons. The highest BCUT2D eigenvalue weighted by Crippen LogP contribution is 2.21. The van der Waals surface area contributed by atoms with E-state index in [9.17, 15) is 4.79 Å². The van der Waals surface area contributed by atoms with E-state index in [1.165, 1.54) is 0 Å². The lowest BCUT2D eigenvalue weighted by Gasteiger charge is -2.03. The van der Waals surface area contributed by atoms with Gasteiger partial charge in [-0.3, -0.25) is 4.79 Å². The first-order valence-electron chi connectivity index (χ1n) is 4.96. The molecule has 3 aromatic rings. The minimum absolute atomic E-state index is 0.0202. The van der Waals surface area contributed by atoms with E-state index in [1.54, 1.807) is 18.2 Å². The molecular weight excluding hydrogens is 222 g/mol. The average Bonchev–Trinajstić information content (AvgIpc) is 2.31. The van der Waals surface area contributed by atoms with E-state index in [-0.39, 0.29) is 5.43 Å². The lowest BCUT2D eigenvalue weighted by molar-refractivity contribution is 1.48. The van der Waals surface area contributed by atoms with Gasteiger partial charge in [-0.2, -0.15) is 0 Å². The van der Waals surface area contributed by atoms with Crippen LogP contribution in [0.5, 0.6) is 0 Å². The van der Waals surface area contributed by atoms with E-state index in [0.717, 1.165) is 5.52 Å². The number of nitrogens with one attached hydrogen (secondary N) is 1. The molecule has 3 rings (SSSR count). The third kappa shape index (κ3) is 1.24. The van der Waals surface area contributed by atoms with Gasteiger partial charge in [-0.1, -0.05) is 29.8 Å². The highest BCUT2D eigenvalue weighted by atomic mass is 35.5. The van der Waals surface area contributed by atoms with Gasteiger partial charge in [0, 0.05) is 16.3 Å². The van der Waals surface area contributed by atoms with Crippen LogP contribution in [-0.4, -0.2) is 4.98 Å². The molecule has 0 unspecified atom stereocenters. The fourth-order valence-corrected chi connectivity index (χ4v) is 2.13. The number of pyridine rings is 1. The molecule has 0 spiro atoms. The van der Waals surface area contributed by atoms with Gasteiger partial charge in [-0.25, -0.2) is 0 Å². The summed E-state index contributed by atoms with van der Waals surface area (Å²) in [5.74, 6) is 0. The topological polar surface area (TPSA) is 32.9 Å². The molecule has 0 saturated heterocycles. The van der Waals surface area contributed by atoms with Crippen LogP contribution in [0, 0.1) is 0 Å². The van der Waals surface area contributed by atoms with Crippen LogP contribution in [0.2, 0.25) is 5.02 Å². The molecule has 0 aliphatic rings. The Morgan fingerprint density at radius 2 is 1.69 bits per heavy atom. The van der Waals surface area contributed by atoms with Gasteiger partial charge in [-0.05, 0) is 24.3 Å². The van der Waals surface area contributed by atoms with Gasteiger partial charge >= 0.3 is 0 Å². The monoisotopic (exact) mass is 229 g/mol. The van der Waals surface area contributed by atoms with Gasteiger partial charge in [0.05, 0.1) is 10.5 Å². The zero-order valence-electron chi connectivity index (χ0n) is 8.33. The molecule has 0 aliphatic heterocycles. The number of H-pyrrole nitrogens is 1. The van der Waals surface area contributed by atoms with Crippen LogP contribution in [0.15, 0.2) is 47.3 Å². The minimum Gasteiger partial charge on any atom is -0.353 e. The van der Waals surface area contributed by atoms with Crippen LogP contribution in [0.1, 0.15) is 0 Å². The average molecular weight is 230 g/mol. The van der Waals surface area contributed by atoms with Crippen molar-refractivity contribution in [2.24, 2.45) is 0 Å². The Morgan fingerprint density at radius 1 is 0.938 bits per heavy atom. The van der Waals surface area contributed by atoms with Gasteiger partial charge in [-0.15, -0.1) is 0 Å². The smallest absolute Gasteiger partial charge is 0.197 e. The summed E-state index contributed by atoms with van der Waals surface area (Å²) in [5, 5.41) is 1.89. The molecule has 0 atom stereocenters. The molecule has 78 valence electrons. The van der Waals surface area contributed by atoms with Gasteiger partial charge in [0.2, 0.25) is 0 Å². The highest BCUT2D eigenvalue weighted by molar-refractivity contribution is 6.35. The second-order valence-electron chi connectivity index (χ2n) is 3.66. The number of benzene rings is 2. The SMILES string of the molecule is O=c1c2ccccc2[nH]c2c(Cl)cccc12. The maximum Gasteiger partial charge on any atom is 0.197 e. The van der Waals surface area contributed by atoms with Crippen molar-refractivity contribution in [3.63, 3.8) is 0 Å². The molecule has 16 heavy (non-hydrogen) atoms. The van der Waals surface area contributed by atoms with Crippen LogP contribution in [0.25, 0.3) is 21.8 Å². The Kier molecular flexibility index (Phi) is 1.98. The summed E-state index contributed by atoms with van der Waals surface area (Å²) < 4.78 is 0. The fourth-order valence-electron chi connectivity index (χ4n) is 1.91. The van der Waals surface area contributed by atoms with E-state index in [4.69, 9.17) is 11.6 Å². The van der Waals surface area contributed by atoms with Crippen LogP contribution in [0.3, 0.4) is 0 Å². The van der Waals surface area contributed by atoms with Crippen molar-refractivity contribution >= 4 is 33.4 Å². The number of hydrogen-bond donors (Lipinski definition) is 1. The van der Waals surface area contributed by atoms with E-state index in [0.29, 0.717) is 21.3 Å². The quantitative estimate of drug-likeness (QED) is 0.590. The van der Waals surface area contributed by atoms with E-state index >= 15 is 0 Å². The zero-order valence-corrected chi connectivity index (χ0v) is 9.08. The number of fused-ring (bicyclic) bond motifs is 2. The Balaban J connectivity index is 2.67. The first kappa shape index (κ1) is 9.43. The van der Waals surface area contributed by atoms with Gasteiger partial charge in [0.15, 0.2) is 5.43 Å². The van der Waals surface area contributed by atoms with Crippen LogP contribution in [-0.2, 0) is 0 Å². The van der Waals surface area contributed by atoms with Crippen LogP contribution >= 0.6 is 11.6 Å². The molecule has 0 fully saturated rings. The van der Waals surface area contributed by atoms with E-state index in [2.05, 4.69) is 4.98 Å². The van der Waals surface area contributed by atoms with Gasteiger partial charge in [0.1, 0.15) is 0 Å². The standard InChI is InChI=1S/C13H8ClNO/c14-10-6-3-5-9-12(10)15-11-7-2-1-4-8(11)13(9)16/h1-7H,(H,15,16). The maximum atomic E-state index is 12.2. The Hall–Kier alpha value is -1.80. The molecule has 1 heterocycles. The molecule has 0 saturated carbocycles. The molecule has 2 aromatic carbocycles. The first-order chi connectivity index (χ1) is 7.77. The van der Waals surface area contributed by atoms with Crippen molar-refractivity contribution < 1.29 is 0 Å². The van der Waals surface area contributed by atoms with Crippen LogP contribution in [0.4, 0.5) is 0 Å². The van der Waals surface area contributed by atoms with Gasteiger partial charge in [0.25, 0.3) is 0 Å². The number of aromatic nitrogens is 1. The molecule has 1 N–H and O–H groups in total. The lowest BCUT2D eigenvalue weighted by Crippen LogP contribution is -2.03. The predicted octanol–water partition coefficient (Wildman–Crippen LogP) is 3.33. The second kappa shape index (κ2) is 3.35. The Labute approximate surface area is 96.5 Å². The molecule has 2 nitrogen and oxygen atoms in total. The third-order valence-electron chi connectivity index (χ3n) is 2.69. The summed E-state index contributed by atoms with van der Waals surface area (Å²) in [4.78, 5) is 15.3. The number of aromatic amines is 1. The Morgan fingerprint density at radius 3 is 2.56 bits per heavy atom. The zero-order chi connectivity index (χ0) is 11.1. The summed E-state index contributed by atoms with van der Waals surface area (Å²) in [5.41, 5.74) is 1.54. The molecule has 3 heteroatoms. The van der Waals surface area contributed by atoms with Crippen molar-refractivity contribution in [2.45, 2.75) is 0 Å². The molecular formula is C13H8ClNO. The number of hydrogen-bond acceptors (Lipinski definition) is 1. The van der Waals surface area contributed by atoms with Crippen molar-refractivity contribution in [1.82, 2.24) is 4.98 Å². The fraction of sp³-hybridized carbons (Fsp3) is 0. The molecule has 0 bridgehead atoms. The van der Waals surface area contributed by atoms with E-state index in [1.807, 2.05) is 24.3 Å². The molecule has 1 aromatic heterocycles. The highest BCUT2D eigenvalue weighted by Gasteiger charge is 2.06. The normalized spacial score (nSPS) is 11.1. The minimum atomic E-state index is 0.0202. The summed E-state index contributed by atoms with van der Waals surface area (Å²) in [7, 11) is 0. The lowest BCUT2D eigenvalue weighted by atomic mass is 10.1. The summed E-state index contributed by atoms with van der Waals surface area (Å²) in [6.07, 6.45) is 0. The van der Waals surface area contributed by atoms with Crippen molar-refractivity contribution in [2.75, 3.05) is 0 Å². The van der Waals surface area contributed by atoms with Crippen molar-refractivity contribution in [1.29, 1.82) is 0 Å². The van der Waals surface area contributed by atoms with Crippen LogP contribution < -0.4 is 5.43 Å². The van der Waals surface area contributed by atoms with E-state index < -0.39 is 0 Å². The third-order valence-corrected chi connectivity index (χ3v) is 3.00. The molecule has 0 amide bonds. The Bertz CT molecular complexity index is 746. The van der Waals surface area contributed by atoms with Gasteiger partial charge < -0.3 is 4.98 Å². The maximum absolute atomic E-state index is 12.2. The van der Waals surface area contributed by atoms with Crippen molar-refractivity contribution in [3.8, 4) is 0 Å². The summed E-state index contributed by atoms with van der Waals surface area (Å²) in [6.45, 7) is 0.